The molecule has 2 nitrogen and oxygen atoms in total. The summed E-state index contributed by atoms with van der Waals surface area (Å²) in [6, 6.07) is 0. The highest BCUT2D eigenvalue weighted by Crippen LogP contribution is 2.22. The summed E-state index contributed by atoms with van der Waals surface area (Å²) in [6.07, 6.45) is -8.57. The van der Waals surface area contributed by atoms with Gasteiger partial charge in [0.1, 0.15) is 0 Å². The fraction of sp³-hybridized carbons (Fsp3) is 1.00. The van der Waals surface area contributed by atoms with Crippen LogP contribution in [0.1, 0.15) is 0 Å². The standard InChI is InChI=1S/C3H3F5O2/c4-2(5)10-1(9)3(6,7)8/h1-2,9H. The average Bonchev–Trinajstić information content (AvgIpc) is 1.60. The zero-order chi connectivity index (χ0) is 8.36. The minimum atomic E-state index is -5.16. The first kappa shape index (κ1) is 9.57. The van der Waals surface area contributed by atoms with Crippen molar-refractivity contribution in [3.8, 4) is 0 Å². The van der Waals surface area contributed by atoms with Gasteiger partial charge < -0.3 is 5.11 Å². The van der Waals surface area contributed by atoms with Crippen molar-refractivity contribution in [2.24, 2.45) is 0 Å². The van der Waals surface area contributed by atoms with E-state index < -0.39 is 19.1 Å². The van der Waals surface area contributed by atoms with Crippen molar-refractivity contribution in [1.29, 1.82) is 0 Å². The Morgan fingerprint density at radius 3 is 1.70 bits per heavy atom. The molecule has 0 aromatic carbocycles. The number of alkyl halides is 5. The molecule has 1 unspecified atom stereocenters. The molecule has 10 heavy (non-hydrogen) atoms. The predicted molar refractivity (Wildman–Crippen MR) is 19.2 cm³/mol. The number of rotatable bonds is 2. The van der Waals surface area contributed by atoms with Crippen molar-refractivity contribution in [2.75, 3.05) is 0 Å². The maximum absolute atomic E-state index is 11.1. The molecule has 0 bridgehead atoms. The smallest absolute Gasteiger partial charge is 0.361 e. The highest BCUT2D eigenvalue weighted by molar-refractivity contribution is 4.51. The first-order valence-corrected chi connectivity index (χ1v) is 2.02. The van der Waals surface area contributed by atoms with Crippen LogP contribution in [-0.2, 0) is 4.74 Å². The van der Waals surface area contributed by atoms with Gasteiger partial charge in [0.2, 0.25) is 0 Å². The lowest BCUT2D eigenvalue weighted by Crippen LogP contribution is -2.32. The fourth-order valence-corrected chi connectivity index (χ4v) is 0.175. The van der Waals surface area contributed by atoms with E-state index in [1.165, 1.54) is 0 Å². The summed E-state index contributed by atoms with van der Waals surface area (Å²) in [7, 11) is 0. The van der Waals surface area contributed by atoms with Crippen molar-refractivity contribution in [3.63, 3.8) is 0 Å². The molecule has 0 spiro atoms. The van der Waals surface area contributed by atoms with Crippen molar-refractivity contribution >= 4 is 0 Å². The first-order valence-electron chi connectivity index (χ1n) is 2.02. The zero-order valence-electron chi connectivity index (χ0n) is 4.40. The van der Waals surface area contributed by atoms with Crippen LogP contribution in [0.25, 0.3) is 0 Å². The van der Waals surface area contributed by atoms with E-state index in [0.717, 1.165) is 0 Å². The van der Waals surface area contributed by atoms with Gasteiger partial charge in [0.05, 0.1) is 0 Å². The van der Waals surface area contributed by atoms with Crippen LogP contribution in [0.2, 0.25) is 0 Å². The van der Waals surface area contributed by atoms with Gasteiger partial charge in [-0.25, -0.2) is 0 Å². The van der Waals surface area contributed by atoms with E-state index >= 15 is 0 Å². The minimum Gasteiger partial charge on any atom is -0.361 e. The Morgan fingerprint density at radius 2 is 1.60 bits per heavy atom. The topological polar surface area (TPSA) is 29.5 Å². The van der Waals surface area contributed by atoms with Crippen LogP contribution in [0.15, 0.2) is 0 Å². The van der Waals surface area contributed by atoms with Crippen LogP contribution in [0.3, 0.4) is 0 Å². The second-order valence-corrected chi connectivity index (χ2v) is 1.29. The third kappa shape index (κ3) is 3.57. The molecule has 0 aromatic rings. The molecular formula is C3H3F5O2. The Kier molecular flexibility index (Phi) is 2.97. The van der Waals surface area contributed by atoms with Crippen LogP contribution in [0.4, 0.5) is 22.0 Å². The van der Waals surface area contributed by atoms with E-state index in [9.17, 15) is 22.0 Å². The van der Waals surface area contributed by atoms with E-state index in [0.29, 0.717) is 0 Å². The highest BCUT2D eigenvalue weighted by Gasteiger charge is 2.41. The SMILES string of the molecule is OC(OC(F)F)C(F)(F)F. The summed E-state index contributed by atoms with van der Waals surface area (Å²) in [5, 5.41) is 7.73. The van der Waals surface area contributed by atoms with Gasteiger partial charge in [-0.1, -0.05) is 0 Å². The van der Waals surface area contributed by atoms with Crippen molar-refractivity contribution in [2.45, 2.75) is 19.1 Å². The molecule has 0 rings (SSSR count). The summed E-state index contributed by atoms with van der Waals surface area (Å²) in [4.78, 5) is 0. The lowest BCUT2D eigenvalue weighted by Gasteiger charge is -2.13. The third-order valence-corrected chi connectivity index (χ3v) is 0.512. The number of hydrogen-bond acceptors (Lipinski definition) is 2. The first-order chi connectivity index (χ1) is 4.34. The summed E-state index contributed by atoms with van der Waals surface area (Å²) < 4.78 is 57.9. The number of ether oxygens (including phenoxy) is 1. The van der Waals surface area contributed by atoms with Gasteiger partial charge in [0, 0.05) is 0 Å². The van der Waals surface area contributed by atoms with Crippen LogP contribution in [0.5, 0.6) is 0 Å². The van der Waals surface area contributed by atoms with E-state index in [2.05, 4.69) is 4.74 Å². The van der Waals surface area contributed by atoms with Crippen molar-refractivity contribution in [1.82, 2.24) is 0 Å². The summed E-state index contributed by atoms with van der Waals surface area (Å²) >= 11 is 0. The molecule has 0 radical (unpaired) electrons. The Hall–Kier alpha value is -0.430. The zero-order valence-corrected chi connectivity index (χ0v) is 4.40. The van der Waals surface area contributed by atoms with Crippen LogP contribution < -0.4 is 0 Å². The largest absolute Gasteiger partial charge is 0.440 e. The number of hydrogen-bond donors (Lipinski definition) is 1. The Bertz CT molecular complexity index is 99.6. The van der Waals surface area contributed by atoms with Crippen molar-refractivity contribution < 1.29 is 31.8 Å². The average molecular weight is 166 g/mol. The van der Waals surface area contributed by atoms with E-state index in [1.807, 2.05) is 0 Å². The predicted octanol–water partition coefficient (Wildman–Crippen LogP) is 1.11. The van der Waals surface area contributed by atoms with Gasteiger partial charge in [-0.2, -0.15) is 22.0 Å². The van der Waals surface area contributed by atoms with Gasteiger partial charge in [-0.15, -0.1) is 0 Å². The highest BCUT2D eigenvalue weighted by atomic mass is 19.4. The Balaban J connectivity index is 3.73. The molecule has 0 aromatic heterocycles. The fourth-order valence-electron chi connectivity index (χ4n) is 0.175. The Morgan fingerprint density at radius 1 is 1.20 bits per heavy atom. The molecule has 0 heterocycles. The summed E-state index contributed by atoms with van der Waals surface area (Å²) in [5.41, 5.74) is 0. The number of aliphatic hydroxyl groups is 1. The molecule has 0 amide bonds. The molecule has 0 saturated heterocycles. The summed E-state index contributed by atoms with van der Waals surface area (Å²) in [6.45, 7) is -3.63. The normalized spacial score (nSPS) is 15.9. The molecular weight excluding hydrogens is 163 g/mol. The van der Waals surface area contributed by atoms with Gasteiger partial charge >= 0.3 is 12.8 Å². The van der Waals surface area contributed by atoms with Crippen LogP contribution in [-0.4, -0.2) is 24.2 Å². The third-order valence-electron chi connectivity index (χ3n) is 0.512. The molecule has 0 aliphatic carbocycles. The molecule has 0 fully saturated rings. The Labute approximate surface area is 52.2 Å². The molecule has 1 atom stereocenters. The van der Waals surface area contributed by atoms with Gasteiger partial charge in [-0.3, -0.25) is 4.74 Å². The minimum absolute atomic E-state index is 2.71. The van der Waals surface area contributed by atoms with E-state index in [4.69, 9.17) is 5.11 Å². The summed E-state index contributed by atoms with van der Waals surface area (Å²) in [5.74, 6) is 0. The second-order valence-electron chi connectivity index (χ2n) is 1.29. The van der Waals surface area contributed by atoms with Crippen LogP contribution >= 0.6 is 0 Å². The van der Waals surface area contributed by atoms with Gasteiger partial charge in [0.25, 0.3) is 6.29 Å². The van der Waals surface area contributed by atoms with Gasteiger partial charge in [0.15, 0.2) is 0 Å². The maximum Gasteiger partial charge on any atom is 0.440 e. The van der Waals surface area contributed by atoms with Crippen LogP contribution in [0, 0.1) is 0 Å². The quantitative estimate of drug-likeness (QED) is 0.491. The molecule has 0 aliphatic heterocycles. The molecule has 1 N–H and O–H groups in total. The van der Waals surface area contributed by atoms with E-state index in [1.54, 1.807) is 0 Å². The van der Waals surface area contributed by atoms with Gasteiger partial charge in [-0.05, 0) is 0 Å². The number of aliphatic hydroxyl groups excluding tert-OH is 1. The lowest BCUT2D eigenvalue weighted by atomic mass is 10.6. The second kappa shape index (κ2) is 3.11. The van der Waals surface area contributed by atoms with Crippen molar-refractivity contribution in [3.05, 3.63) is 0 Å². The maximum atomic E-state index is 11.1. The lowest BCUT2D eigenvalue weighted by molar-refractivity contribution is -0.337. The molecule has 7 heteroatoms. The molecule has 0 saturated carbocycles. The number of halogens is 5. The monoisotopic (exact) mass is 166 g/mol. The molecule has 62 valence electrons. The van der Waals surface area contributed by atoms with E-state index in [-0.39, 0.29) is 0 Å². The molecule has 0 aliphatic rings.